The van der Waals surface area contributed by atoms with Gasteiger partial charge in [0.1, 0.15) is 12.4 Å². The fourth-order valence-corrected chi connectivity index (χ4v) is 1.62. The zero-order chi connectivity index (χ0) is 14.1. The predicted octanol–water partition coefficient (Wildman–Crippen LogP) is 2.89. The second-order valence-corrected chi connectivity index (χ2v) is 4.68. The average Bonchev–Trinajstić information content (AvgIpc) is 2.42. The molecule has 2 rings (SSSR count). The van der Waals surface area contributed by atoms with Crippen molar-refractivity contribution in [1.29, 1.82) is 0 Å². The molecule has 1 aromatic rings. The van der Waals surface area contributed by atoms with Crippen LogP contribution in [0.15, 0.2) is 30.3 Å². The lowest BCUT2D eigenvalue weighted by atomic mass is 10.1. The summed E-state index contributed by atoms with van der Waals surface area (Å²) in [5.74, 6) is 0.350. The molecule has 1 fully saturated rings. The van der Waals surface area contributed by atoms with Crippen LogP contribution in [0, 0.1) is 0 Å². The maximum Gasteiger partial charge on any atom is 0.404 e. The third-order valence-electron chi connectivity index (χ3n) is 2.70. The maximum absolute atomic E-state index is 10.5. The van der Waals surface area contributed by atoms with E-state index in [1.54, 1.807) is 0 Å². The van der Waals surface area contributed by atoms with Crippen LogP contribution in [-0.4, -0.2) is 23.8 Å². The van der Waals surface area contributed by atoms with Crippen LogP contribution >= 0.6 is 11.6 Å². The lowest BCUT2D eigenvalue weighted by molar-refractivity contribution is -0.119. The summed E-state index contributed by atoms with van der Waals surface area (Å²) in [7, 11) is 0. The van der Waals surface area contributed by atoms with Crippen LogP contribution in [0.5, 0.6) is 0 Å². The molecule has 19 heavy (non-hydrogen) atoms. The first-order valence-electron chi connectivity index (χ1n) is 6.19. The van der Waals surface area contributed by atoms with Crippen LogP contribution in [-0.2, 0) is 16.1 Å². The Morgan fingerprint density at radius 3 is 2.58 bits per heavy atom. The summed E-state index contributed by atoms with van der Waals surface area (Å²) in [5, 5.41) is 3.08. The van der Waals surface area contributed by atoms with Gasteiger partial charge in [0.15, 0.2) is 0 Å². The van der Waals surface area contributed by atoms with Gasteiger partial charge in [-0.2, -0.15) is 0 Å². The van der Waals surface area contributed by atoms with E-state index < -0.39 is 5.43 Å². The highest BCUT2D eigenvalue weighted by atomic mass is 35.5. The number of hydrogen-bond donors (Lipinski definition) is 1. The van der Waals surface area contributed by atoms with Crippen molar-refractivity contribution in [2.45, 2.75) is 32.4 Å². The minimum atomic E-state index is -0.770. The molecule has 0 radical (unpaired) electrons. The molecule has 104 valence electrons. The van der Waals surface area contributed by atoms with Crippen LogP contribution in [0.1, 0.15) is 25.3 Å². The topological polar surface area (TPSA) is 55.4 Å². The summed E-state index contributed by atoms with van der Waals surface area (Å²) in [4.78, 5) is 20.7. The number of carbonyl (C=O) groups excluding carboxylic acids is 2. The molecule has 0 amide bonds. The SMILES string of the molecule is C[C@@H]1CCC(=O)CN1.O=C(Cl)OCc1ccccc1. The molecule has 1 aliphatic rings. The molecular weight excluding hydrogens is 266 g/mol. The van der Waals surface area contributed by atoms with Gasteiger partial charge < -0.3 is 10.1 Å². The first kappa shape index (κ1) is 15.7. The van der Waals surface area contributed by atoms with E-state index in [9.17, 15) is 9.59 Å². The first-order valence-corrected chi connectivity index (χ1v) is 6.57. The van der Waals surface area contributed by atoms with Gasteiger partial charge in [0.05, 0.1) is 6.54 Å². The van der Waals surface area contributed by atoms with E-state index in [1.165, 1.54) is 0 Å². The quantitative estimate of drug-likeness (QED) is 0.848. The molecule has 1 atom stereocenters. The van der Waals surface area contributed by atoms with Crippen LogP contribution < -0.4 is 5.32 Å². The van der Waals surface area contributed by atoms with Crippen molar-refractivity contribution in [2.75, 3.05) is 6.54 Å². The van der Waals surface area contributed by atoms with Crippen LogP contribution in [0.3, 0.4) is 0 Å². The van der Waals surface area contributed by atoms with Gasteiger partial charge in [0.2, 0.25) is 0 Å². The van der Waals surface area contributed by atoms with Gasteiger partial charge in [-0.1, -0.05) is 30.3 Å². The fraction of sp³-hybridized carbons (Fsp3) is 0.429. The molecule has 1 saturated heterocycles. The molecule has 0 unspecified atom stereocenters. The van der Waals surface area contributed by atoms with E-state index >= 15 is 0 Å². The lowest BCUT2D eigenvalue weighted by Gasteiger charge is -2.17. The van der Waals surface area contributed by atoms with E-state index in [-0.39, 0.29) is 6.61 Å². The molecule has 0 aromatic heterocycles. The second-order valence-electron chi connectivity index (χ2n) is 4.37. The number of hydrogen-bond acceptors (Lipinski definition) is 4. The number of halogens is 1. The number of Topliss-reactive ketones (excluding diaryl/α,β-unsaturated/α-hetero) is 1. The molecular formula is C14H18ClNO3. The monoisotopic (exact) mass is 283 g/mol. The van der Waals surface area contributed by atoms with Crippen LogP contribution in [0.25, 0.3) is 0 Å². The van der Waals surface area contributed by atoms with Gasteiger partial charge in [-0.3, -0.25) is 4.79 Å². The van der Waals surface area contributed by atoms with Gasteiger partial charge in [0.25, 0.3) is 0 Å². The van der Waals surface area contributed by atoms with Gasteiger partial charge >= 0.3 is 5.43 Å². The Bertz CT molecular complexity index is 398. The summed E-state index contributed by atoms with van der Waals surface area (Å²) >= 11 is 4.97. The summed E-state index contributed by atoms with van der Waals surface area (Å²) in [6.45, 7) is 2.93. The number of benzene rings is 1. The number of ether oxygens (including phenoxy) is 1. The molecule has 1 heterocycles. The van der Waals surface area contributed by atoms with Gasteiger partial charge in [-0.05, 0) is 18.9 Å². The minimum Gasteiger partial charge on any atom is -0.449 e. The van der Waals surface area contributed by atoms with Crippen molar-refractivity contribution < 1.29 is 14.3 Å². The molecule has 0 spiro atoms. The summed E-state index contributed by atoms with van der Waals surface area (Å²) < 4.78 is 4.55. The van der Waals surface area contributed by atoms with Gasteiger partial charge in [0, 0.05) is 24.1 Å². The van der Waals surface area contributed by atoms with Crippen LogP contribution in [0.4, 0.5) is 4.79 Å². The number of piperidine rings is 1. The van der Waals surface area contributed by atoms with Crippen molar-refractivity contribution in [3.05, 3.63) is 35.9 Å². The van der Waals surface area contributed by atoms with E-state index in [4.69, 9.17) is 11.6 Å². The van der Waals surface area contributed by atoms with E-state index in [2.05, 4.69) is 17.0 Å². The molecule has 5 heteroatoms. The van der Waals surface area contributed by atoms with E-state index in [1.807, 2.05) is 30.3 Å². The third kappa shape index (κ3) is 7.59. The highest BCUT2D eigenvalue weighted by Gasteiger charge is 2.12. The number of rotatable bonds is 2. The van der Waals surface area contributed by atoms with Crippen molar-refractivity contribution in [3.63, 3.8) is 0 Å². The molecule has 0 aliphatic carbocycles. The van der Waals surface area contributed by atoms with Gasteiger partial charge in [-0.25, -0.2) is 4.79 Å². The zero-order valence-electron chi connectivity index (χ0n) is 10.9. The highest BCUT2D eigenvalue weighted by molar-refractivity contribution is 6.61. The van der Waals surface area contributed by atoms with Crippen molar-refractivity contribution in [1.82, 2.24) is 5.32 Å². The number of nitrogens with one attached hydrogen (secondary N) is 1. The van der Waals surface area contributed by atoms with E-state index in [0.29, 0.717) is 18.4 Å². The minimum absolute atomic E-state index is 0.239. The van der Waals surface area contributed by atoms with E-state index in [0.717, 1.165) is 18.4 Å². The Kier molecular flexibility index (Phi) is 7.15. The fourth-order valence-electron chi connectivity index (χ4n) is 1.57. The normalized spacial score (nSPS) is 18.2. The highest BCUT2D eigenvalue weighted by Crippen LogP contribution is 2.02. The lowest BCUT2D eigenvalue weighted by Crippen LogP contribution is -2.36. The van der Waals surface area contributed by atoms with Crippen LogP contribution in [0.2, 0.25) is 0 Å². The van der Waals surface area contributed by atoms with Crippen molar-refractivity contribution in [3.8, 4) is 0 Å². The summed E-state index contributed by atoms with van der Waals surface area (Å²) in [6, 6.07) is 9.91. The van der Waals surface area contributed by atoms with Gasteiger partial charge in [-0.15, -0.1) is 0 Å². The number of carbonyl (C=O) groups is 2. The molecule has 0 bridgehead atoms. The van der Waals surface area contributed by atoms with Crippen molar-refractivity contribution in [2.24, 2.45) is 0 Å². The predicted molar refractivity (Wildman–Crippen MR) is 74.2 cm³/mol. The molecule has 0 saturated carbocycles. The third-order valence-corrected chi connectivity index (χ3v) is 2.81. The smallest absolute Gasteiger partial charge is 0.404 e. The standard InChI is InChI=1S/C8H7ClO2.C6H11NO/c9-8(10)11-6-7-4-2-1-3-5-7;1-5-2-3-6(8)4-7-5/h1-5H,6H2;5,7H,2-4H2,1H3/t;5-/m.1/s1. The summed E-state index contributed by atoms with van der Waals surface area (Å²) in [5.41, 5.74) is 0.162. The first-order chi connectivity index (χ1) is 9.08. The zero-order valence-corrected chi connectivity index (χ0v) is 11.7. The Hall–Kier alpha value is -1.39. The molecule has 1 aromatic carbocycles. The Balaban J connectivity index is 0.000000200. The molecule has 1 aliphatic heterocycles. The molecule has 4 nitrogen and oxygen atoms in total. The molecule has 1 N–H and O–H groups in total. The second kappa shape index (κ2) is 8.67. The Labute approximate surface area is 118 Å². The number of ketones is 1. The largest absolute Gasteiger partial charge is 0.449 e. The Morgan fingerprint density at radius 1 is 1.42 bits per heavy atom. The maximum atomic E-state index is 10.5. The van der Waals surface area contributed by atoms with Crippen molar-refractivity contribution >= 4 is 22.8 Å². The average molecular weight is 284 g/mol. The Morgan fingerprint density at radius 2 is 2.11 bits per heavy atom. The summed E-state index contributed by atoms with van der Waals surface area (Å²) in [6.07, 6.45) is 1.78.